The molecule has 0 aliphatic carbocycles. The second-order valence-corrected chi connectivity index (χ2v) is 9.82. The van der Waals surface area contributed by atoms with Crippen molar-refractivity contribution in [3.05, 3.63) is 72.3 Å². The third kappa shape index (κ3) is 5.65. The van der Waals surface area contributed by atoms with Gasteiger partial charge in [-0.05, 0) is 48.7 Å². The molecule has 1 aromatic heterocycles. The lowest BCUT2D eigenvalue weighted by Gasteiger charge is -2.26. The van der Waals surface area contributed by atoms with E-state index in [-0.39, 0.29) is 16.8 Å². The molecule has 1 aliphatic rings. The molecule has 174 valence electrons. The predicted molar refractivity (Wildman–Crippen MR) is 122 cm³/mol. The molecule has 33 heavy (non-hydrogen) atoms. The molecular weight excluding hydrogens is 442 g/mol. The van der Waals surface area contributed by atoms with Crippen molar-refractivity contribution in [1.29, 1.82) is 0 Å². The van der Waals surface area contributed by atoms with E-state index in [1.54, 1.807) is 35.3 Å². The van der Waals surface area contributed by atoms with E-state index in [1.807, 2.05) is 31.2 Å². The minimum absolute atomic E-state index is 0.0622. The number of aromatic nitrogens is 3. The SMILES string of the molecule is C[C@@H](NC(=O)CCc1ccc(S(=O)(=O)N2CCOCC2)cc1)c1ccc(-n2cncn2)cc1. The van der Waals surface area contributed by atoms with Crippen LogP contribution in [0.5, 0.6) is 0 Å². The third-order valence-corrected chi connectivity index (χ3v) is 7.54. The maximum Gasteiger partial charge on any atom is 0.243 e. The number of nitrogens with one attached hydrogen (secondary N) is 1. The van der Waals surface area contributed by atoms with Crippen molar-refractivity contribution >= 4 is 15.9 Å². The molecule has 2 heterocycles. The Morgan fingerprint density at radius 3 is 2.42 bits per heavy atom. The molecule has 10 heteroatoms. The normalized spacial score (nSPS) is 15.8. The van der Waals surface area contributed by atoms with Gasteiger partial charge in [0.2, 0.25) is 15.9 Å². The molecule has 3 aromatic rings. The molecule has 1 saturated heterocycles. The Morgan fingerprint density at radius 1 is 1.09 bits per heavy atom. The summed E-state index contributed by atoms with van der Waals surface area (Å²) >= 11 is 0. The highest BCUT2D eigenvalue weighted by atomic mass is 32.2. The van der Waals surface area contributed by atoms with Crippen molar-refractivity contribution in [2.75, 3.05) is 26.3 Å². The number of amides is 1. The number of ether oxygens (including phenoxy) is 1. The molecule has 0 unspecified atom stereocenters. The van der Waals surface area contributed by atoms with Gasteiger partial charge in [0.05, 0.1) is 29.8 Å². The average Bonchev–Trinajstić information content (AvgIpc) is 3.39. The minimum atomic E-state index is -3.51. The lowest BCUT2D eigenvalue weighted by molar-refractivity contribution is -0.121. The van der Waals surface area contributed by atoms with Crippen LogP contribution in [0.15, 0.2) is 66.1 Å². The van der Waals surface area contributed by atoms with E-state index in [2.05, 4.69) is 15.4 Å². The molecule has 1 aliphatic heterocycles. The van der Waals surface area contributed by atoms with Crippen LogP contribution in [0.1, 0.15) is 30.5 Å². The van der Waals surface area contributed by atoms with Gasteiger partial charge < -0.3 is 10.1 Å². The zero-order valence-corrected chi connectivity index (χ0v) is 19.2. The molecule has 4 rings (SSSR count). The number of nitrogens with zero attached hydrogens (tertiary/aromatic N) is 4. The molecule has 1 fully saturated rings. The monoisotopic (exact) mass is 469 g/mol. The number of benzene rings is 2. The second-order valence-electron chi connectivity index (χ2n) is 7.88. The number of carbonyl (C=O) groups is 1. The smallest absolute Gasteiger partial charge is 0.243 e. The van der Waals surface area contributed by atoms with Crippen molar-refractivity contribution in [2.24, 2.45) is 0 Å². The van der Waals surface area contributed by atoms with Gasteiger partial charge in [-0.2, -0.15) is 9.40 Å². The van der Waals surface area contributed by atoms with Crippen LogP contribution < -0.4 is 5.32 Å². The van der Waals surface area contributed by atoms with Gasteiger partial charge in [-0.1, -0.05) is 24.3 Å². The summed E-state index contributed by atoms with van der Waals surface area (Å²) in [6.07, 6.45) is 3.96. The Labute approximate surface area is 193 Å². The van der Waals surface area contributed by atoms with Crippen LogP contribution >= 0.6 is 0 Å². The number of rotatable bonds is 8. The summed E-state index contributed by atoms with van der Waals surface area (Å²) in [4.78, 5) is 16.6. The molecule has 0 saturated carbocycles. The van der Waals surface area contributed by atoms with Crippen LogP contribution in [0, 0.1) is 0 Å². The Balaban J connectivity index is 1.28. The first-order chi connectivity index (χ1) is 15.9. The number of carbonyl (C=O) groups excluding carboxylic acids is 1. The fourth-order valence-electron chi connectivity index (χ4n) is 3.68. The van der Waals surface area contributed by atoms with Crippen molar-refractivity contribution in [2.45, 2.75) is 30.7 Å². The van der Waals surface area contributed by atoms with E-state index in [1.165, 1.54) is 10.6 Å². The standard InChI is InChI=1S/C23H27N5O4S/c1-18(20-5-7-21(8-6-20)28-17-24-16-25-28)26-23(29)11-4-19-2-9-22(10-3-19)33(30,31)27-12-14-32-15-13-27/h2-3,5-10,16-18H,4,11-15H2,1H3,(H,26,29)/t18-/m1/s1. The van der Waals surface area contributed by atoms with E-state index in [0.717, 1.165) is 16.8 Å². The van der Waals surface area contributed by atoms with Gasteiger partial charge in [-0.3, -0.25) is 4.79 Å². The van der Waals surface area contributed by atoms with Crippen molar-refractivity contribution in [1.82, 2.24) is 24.4 Å². The molecule has 2 aromatic carbocycles. The van der Waals surface area contributed by atoms with Crippen LogP contribution in [0.3, 0.4) is 0 Å². The molecule has 0 spiro atoms. The number of hydrogen-bond donors (Lipinski definition) is 1. The van der Waals surface area contributed by atoms with E-state index >= 15 is 0 Å². The van der Waals surface area contributed by atoms with Crippen LogP contribution in [-0.2, 0) is 26.0 Å². The van der Waals surface area contributed by atoms with E-state index < -0.39 is 10.0 Å². The third-order valence-electron chi connectivity index (χ3n) is 5.63. The number of hydrogen-bond acceptors (Lipinski definition) is 6. The van der Waals surface area contributed by atoms with Crippen molar-refractivity contribution in [3.63, 3.8) is 0 Å². The summed E-state index contributed by atoms with van der Waals surface area (Å²) in [5, 5.41) is 7.11. The number of sulfonamides is 1. The second kappa shape index (κ2) is 10.2. The Kier molecular flexibility index (Phi) is 7.17. The average molecular weight is 470 g/mol. The maximum atomic E-state index is 12.7. The highest BCUT2D eigenvalue weighted by Gasteiger charge is 2.26. The van der Waals surface area contributed by atoms with Crippen LogP contribution in [0.25, 0.3) is 5.69 Å². The summed E-state index contributed by atoms with van der Waals surface area (Å²) in [6, 6.07) is 14.4. The molecule has 0 bridgehead atoms. The first-order valence-corrected chi connectivity index (χ1v) is 12.3. The summed E-state index contributed by atoms with van der Waals surface area (Å²) in [6.45, 7) is 3.50. The fourth-order valence-corrected chi connectivity index (χ4v) is 5.08. The molecule has 1 N–H and O–H groups in total. The number of morpholine rings is 1. The zero-order valence-electron chi connectivity index (χ0n) is 18.4. The topological polar surface area (TPSA) is 106 Å². The van der Waals surface area contributed by atoms with E-state index in [0.29, 0.717) is 39.1 Å². The molecular formula is C23H27N5O4S. The van der Waals surface area contributed by atoms with Gasteiger partial charge in [0.25, 0.3) is 0 Å². The quantitative estimate of drug-likeness (QED) is 0.542. The number of aryl methyl sites for hydroxylation is 1. The Bertz CT molecular complexity index is 1160. The van der Waals surface area contributed by atoms with E-state index in [4.69, 9.17) is 4.74 Å². The van der Waals surface area contributed by atoms with Crippen LogP contribution in [0.2, 0.25) is 0 Å². The van der Waals surface area contributed by atoms with Gasteiger partial charge in [-0.25, -0.2) is 18.1 Å². The predicted octanol–water partition coefficient (Wildman–Crippen LogP) is 2.10. The molecule has 1 atom stereocenters. The van der Waals surface area contributed by atoms with E-state index in [9.17, 15) is 13.2 Å². The molecule has 9 nitrogen and oxygen atoms in total. The van der Waals surface area contributed by atoms with Gasteiger partial charge in [-0.15, -0.1) is 0 Å². The van der Waals surface area contributed by atoms with Crippen molar-refractivity contribution in [3.8, 4) is 5.69 Å². The van der Waals surface area contributed by atoms with Gasteiger partial charge >= 0.3 is 0 Å². The van der Waals surface area contributed by atoms with Gasteiger partial charge in [0, 0.05) is 19.5 Å². The molecule has 1 amide bonds. The summed E-state index contributed by atoms with van der Waals surface area (Å²) < 4.78 is 33.8. The fraction of sp³-hybridized carbons (Fsp3) is 0.348. The van der Waals surface area contributed by atoms with Gasteiger partial charge in [0.15, 0.2) is 0 Å². The summed E-state index contributed by atoms with van der Waals surface area (Å²) in [5.74, 6) is -0.0622. The minimum Gasteiger partial charge on any atom is -0.379 e. The molecule has 0 radical (unpaired) electrons. The summed E-state index contributed by atoms with van der Waals surface area (Å²) in [5.41, 5.74) is 2.80. The Morgan fingerprint density at radius 2 is 1.79 bits per heavy atom. The lowest BCUT2D eigenvalue weighted by atomic mass is 10.1. The highest BCUT2D eigenvalue weighted by Crippen LogP contribution is 2.19. The Hall–Kier alpha value is -3.08. The van der Waals surface area contributed by atoms with Crippen molar-refractivity contribution < 1.29 is 17.9 Å². The summed E-state index contributed by atoms with van der Waals surface area (Å²) in [7, 11) is -3.51. The first kappa shape index (κ1) is 23.1. The van der Waals surface area contributed by atoms with Gasteiger partial charge in [0.1, 0.15) is 12.7 Å². The lowest BCUT2D eigenvalue weighted by Crippen LogP contribution is -2.40. The highest BCUT2D eigenvalue weighted by molar-refractivity contribution is 7.89. The zero-order chi connectivity index (χ0) is 23.3. The maximum absolute atomic E-state index is 12.7. The van der Waals surface area contributed by atoms with Crippen LogP contribution in [-0.4, -0.2) is 59.7 Å². The van der Waals surface area contributed by atoms with Crippen LogP contribution in [0.4, 0.5) is 0 Å². The largest absolute Gasteiger partial charge is 0.379 e. The first-order valence-electron chi connectivity index (χ1n) is 10.8.